The Bertz CT molecular complexity index is 773. The molecule has 1 aliphatic rings. The molecule has 5 nitrogen and oxygen atoms in total. The predicted octanol–water partition coefficient (Wildman–Crippen LogP) is 2.67. The Morgan fingerprint density at radius 2 is 2.04 bits per heavy atom. The summed E-state index contributed by atoms with van der Waals surface area (Å²) in [5.41, 5.74) is 2.24. The van der Waals surface area contributed by atoms with E-state index < -0.39 is 10.8 Å². The summed E-state index contributed by atoms with van der Waals surface area (Å²) in [5, 5.41) is 5.01. The second kappa shape index (κ2) is 7.07. The predicted molar refractivity (Wildman–Crippen MR) is 96.3 cm³/mol. The first-order valence-electron chi connectivity index (χ1n) is 7.90. The molecule has 2 atom stereocenters. The molecule has 1 aromatic carbocycles. The summed E-state index contributed by atoms with van der Waals surface area (Å²) in [6, 6.07) is 7.33. The summed E-state index contributed by atoms with van der Waals surface area (Å²) < 4.78 is 13.6. The van der Waals surface area contributed by atoms with Gasteiger partial charge in [0.25, 0.3) is 5.91 Å². The van der Waals surface area contributed by atoms with Crippen molar-refractivity contribution in [1.29, 1.82) is 0 Å². The van der Waals surface area contributed by atoms with Gasteiger partial charge < -0.3 is 4.90 Å². The van der Waals surface area contributed by atoms with Gasteiger partial charge in [-0.1, -0.05) is 18.5 Å². The van der Waals surface area contributed by atoms with Crippen LogP contribution in [0.2, 0.25) is 5.02 Å². The number of rotatable bonds is 2. The standard InChI is InChI=1S/C17H20ClN3O2S/c1-12-10-20(7-8-24(23)11-12)17(22)16-9-19-21(13(16)2)15-5-3-14(18)4-6-15/h3-6,9,12H,7-8,10-11H2,1-2H3. The number of carbonyl (C=O) groups is 1. The maximum Gasteiger partial charge on any atom is 0.257 e. The SMILES string of the molecule is Cc1c(C(=O)N2CCS(=O)CC(C)C2)cnn1-c1ccc(Cl)cc1. The van der Waals surface area contributed by atoms with Crippen molar-refractivity contribution in [1.82, 2.24) is 14.7 Å². The minimum atomic E-state index is -0.841. The lowest BCUT2D eigenvalue weighted by atomic mass is 10.1. The molecule has 1 aliphatic heterocycles. The van der Waals surface area contributed by atoms with Crippen LogP contribution < -0.4 is 0 Å². The summed E-state index contributed by atoms with van der Waals surface area (Å²) in [7, 11) is -0.841. The van der Waals surface area contributed by atoms with Gasteiger partial charge in [0.05, 0.1) is 23.1 Å². The average molecular weight is 366 g/mol. The van der Waals surface area contributed by atoms with Gasteiger partial charge in [-0.3, -0.25) is 9.00 Å². The van der Waals surface area contributed by atoms with Crippen molar-refractivity contribution < 1.29 is 9.00 Å². The summed E-state index contributed by atoms with van der Waals surface area (Å²) >= 11 is 5.92. The summed E-state index contributed by atoms with van der Waals surface area (Å²) in [5.74, 6) is 1.40. The van der Waals surface area contributed by atoms with Gasteiger partial charge in [-0.05, 0) is 37.1 Å². The van der Waals surface area contributed by atoms with Gasteiger partial charge in [0.1, 0.15) is 0 Å². The molecular formula is C17H20ClN3O2S. The van der Waals surface area contributed by atoms with E-state index in [1.165, 1.54) is 0 Å². The Morgan fingerprint density at radius 1 is 1.33 bits per heavy atom. The van der Waals surface area contributed by atoms with Crippen molar-refractivity contribution in [3.63, 3.8) is 0 Å². The smallest absolute Gasteiger partial charge is 0.257 e. The lowest BCUT2D eigenvalue weighted by Crippen LogP contribution is -2.35. The van der Waals surface area contributed by atoms with Crippen LogP contribution >= 0.6 is 11.6 Å². The van der Waals surface area contributed by atoms with Gasteiger partial charge >= 0.3 is 0 Å². The van der Waals surface area contributed by atoms with Crippen LogP contribution in [0.5, 0.6) is 0 Å². The van der Waals surface area contributed by atoms with E-state index in [9.17, 15) is 9.00 Å². The van der Waals surface area contributed by atoms with Crippen molar-refractivity contribution in [3.8, 4) is 5.69 Å². The van der Waals surface area contributed by atoms with Crippen LogP contribution in [0.4, 0.5) is 0 Å². The van der Waals surface area contributed by atoms with E-state index >= 15 is 0 Å². The maximum atomic E-state index is 12.9. The quantitative estimate of drug-likeness (QED) is 0.822. The molecule has 7 heteroatoms. The van der Waals surface area contributed by atoms with E-state index in [1.54, 1.807) is 27.9 Å². The number of hydrogen-bond donors (Lipinski definition) is 0. The third-order valence-corrected chi connectivity index (χ3v) is 6.02. The van der Waals surface area contributed by atoms with E-state index in [2.05, 4.69) is 5.10 Å². The van der Waals surface area contributed by atoms with Crippen molar-refractivity contribution in [2.75, 3.05) is 24.6 Å². The van der Waals surface area contributed by atoms with Gasteiger partial charge in [-0.15, -0.1) is 0 Å². The summed E-state index contributed by atoms with van der Waals surface area (Å²) in [4.78, 5) is 14.7. The number of nitrogens with zero attached hydrogens (tertiary/aromatic N) is 3. The number of aromatic nitrogens is 2. The zero-order valence-corrected chi connectivity index (χ0v) is 15.3. The monoisotopic (exact) mass is 365 g/mol. The normalized spacial score (nSPS) is 21.5. The zero-order chi connectivity index (χ0) is 17.3. The first-order chi connectivity index (χ1) is 11.5. The molecule has 1 fully saturated rings. The van der Waals surface area contributed by atoms with Gasteiger partial charge in [0, 0.05) is 40.4 Å². The highest BCUT2D eigenvalue weighted by Gasteiger charge is 2.26. The fourth-order valence-corrected chi connectivity index (χ4v) is 4.41. The molecule has 0 bridgehead atoms. The number of hydrogen-bond acceptors (Lipinski definition) is 3. The molecule has 24 heavy (non-hydrogen) atoms. The van der Waals surface area contributed by atoms with Crippen molar-refractivity contribution in [2.24, 2.45) is 5.92 Å². The van der Waals surface area contributed by atoms with Crippen LogP contribution in [0.1, 0.15) is 23.0 Å². The van der Waals surface area contributed by atoms with Crippen molar-refractivity contribution >= 4 is 28.3 Å². The number of amides is 1. The molecule has 0 N–H and O–H groups in total. The van der Waals surface area contributed by atoms with Crippen LogP contribution in [0.3, 0.4) is 0 Å². The Balaban J connectivity index is 1.86. The van der Waals surface area contributed by atoms with E-state index in [4.69, 9.17) is 11.6 Å². The van der Waals surface area contributed by atoms with E-state index in [0.29, 0.717) is 35.2 Å². The zero-order valence-electron chi connectivity index (χ0n) is 13.7. The average Bonchev–Trinajstić information content (AvgIpc) is 2.83. The molecule has 1 saturated heterocycles. The molecule has 1 aromatic heterocycles. The molecule has 2 unspecified atom stereocenters. The van der Waals surface area contributed by atoms with E-state index in [1.807, 2.05) is 26.0 Å². The Labute approximate surface area is 149 Å². The highest BCUT2D eigenvalue weighted by atomic mass is 35.5. The molecule has 0 aliphatic carbocycles. The first kappa shape index (κ1) is 17.2. The minimum absolute atomic E-state index is 0.0431. The van der Waals surface area contributed by atoms with E-state index in [-0.39, 0.29) is 11.8 Å². The lowest BCUT2D eigenvalue weighted by Gasteiger charge is -2.22. The summed E-state index contributed by atoms with van der Waals surface area (Å²) in [6.07, 6.45) is 1.61. The second-order valence-corrected chi connectivity index (χ2v) is 8.26. The van der Waals surface area contributed by atoms with Crippen LogP contribution in [0.25, 0.3) is 5.69 Å². The number of carbonyl (C=O) groups excluding carboxylic acids is 1. The third-order valence-electron chi connectivity index (χ3n) is 4.19. The van der Waals surface area contributed by atoms with Crippen LogP contribution in [-0.4, -0.2) is 49.4 Å². The van der Waals surface area contributed by atoms with Gasteiger partial charge in [-0.2, -0.15) is 5.10 Å². The fraction of sp³-hybridized carbons (Fsp3) is 0.412. The molecule has 0 spiro atoms. The minimum Gasteiger partial charge on any atom is -0.337 e. The van der Waals surface area contributed by atoms with E-state index in [0.717, 1.165) is 11.4 Å². The second-order valence-electron chi connectivity index (χ2n) is 6.20. The molecule has 3 rings (SSSR count). The van der Waals surface area contributed by atoms with Gasteiger partial charge in [0.15, 0.2) is 0 Å². The molecule has 128 valence electrons. The number of benzene rings is 1. The largest absolute Gasteiger partial charge is 0.337 e. The van der Waals surface area contributed by atoms with Crippen LogP contribution in [-0.2, 0) is 10.8 Å². The van der Waals surface area contributed by atoms with Gasteiger partial charge in [0.2, 0.25) is 0 Å². The Kier molecular flexibility index (Phi) is 5.06. The molecule has 2 heterocycles. The Hall–Kier alpha value is -1.66. The molecule has 0 radical (unpaired) electrons. The topological polar surface area (TPSA) is 55.2 Å². The van der Waals surface area contributed by atoms with Crippen LogP contribution in [0.15, 0.2) is 30.5 Å². The summed E-state index contributed by atoms with van der Waals surface area (Å²) in [6.45, 7) is 5.08. The Morgan fingerprint density at radius 3 is 2.75 bits per heavy atom. The number of halogens is 1. The highest BCUT2D eigenvalue weighted by Crippen LogP contribution is 2.19. The molecular weight excluding hydrogens is 346 g/mol. The fourth-order valence-electron chi connectivity index (χ4n) is 2.95. The van der Waals surface area contributed by atoms with Crippen molar-refractivity contribution in [3.05, 3.63) is 46.7 Å². The highest BCUT2D eigenvalue weighted by molar-refractivity contribution is 7.85. The van der Waals surface area contributed by atoms with Crippen LogP contribution in [0, 0.1) is 12.8 Å². The third kappa shape index (κ3) is 3.54. The molecule has 0 saturated carbocycles. The molecule has 1 amide bonds. The lowest BCUT2D eigenvalue weighted by molar-refractivity contribution is 0.0751. The van der Waals surface area contributed by atoms with Crippen molar-refractivity contribution in [2.45, 2.75) is 13.8 Å². The maximum absolute atomic E-state index is 12.9. The first-order valence-corrected chi connectivity index (χ1v) is 9.77. The molecule has 2 aromatic rings. The van der Waals surface area contributed by atoms with Gasteiger partial charge in [-0.25, -0.2) is 4.68 Å².